The van der Waals surface area contributed by atoms with Crippen molar-refractivity contribution in [2.75, 3.05) is 7.11 Å². The molecule has 5 rings (SSSR count). The number of hydrogen-bond acceptors (Lipinski definition) is 6. The fraction of sp³-hybridized carbons (Fsp3) is 0.0400. The highest BCUT2D eigenvalue weighted by Crippen LogP contribution is 2.37. The van der Waals surface area contributed by atoms with Crippen LogP contribution in [0, 0.1) is 5.41 Å². The van der Waals surface area contributed by atoms with Gasteiger partial charge in [0.2, 0.25) is 0 Å². The second kappa shape index (κ2) is 8.40. The zero-order valence-corrected chi connectivity index (χ0v) is 18.3. The van der Waals surface area contributed by atoms with Crippen molar-refractivity contribution in [3.63, 3.8) is 0 Å². The third-order valence-corrected chi connectivity index (χ3v) is 6.01. The Bertz CT molecular complexity index is 1370. The first-order valence-corrected chi connectivity index (χ1v) is 10.9. The number of aliphatic imine (C=N–C) groups is 1. The molecule has 3 heterocycles. The molecule has 2 aromatic carbocycles. The van der Waals surface area contributed by atoms with Gasteiger partial charge < -0.3 is 9.15 Å². The number of rotatable bonds is 4. The molecule has 2 aliphatic heterocycles. The van der Waals surface area contributed by atoms with Crippen LogP contribution in [-0.4, -0.2) is 34.9 Å². The number of benzene rings is 2. The van der Waals surface area contributed by atoms with Gasteiger partial charge in [0.05, 0.1) is 23.9 Å². The number of nitrogens with zero attached hydrogens (tertiary/aromatic N) is 2. The lowest BCUT2D eigenvalue weighted by molar-refractivity contribution is -0.114. The summed E-state index contributed by atoms with van der Waals surface area (Å²) >= 11 is 1.32. The van der Waals surface area contributed by atoms with Crippen LogP contribution in [0.1, 0.15) is 21.7 Å². The van der Waals surface area contributed by atoms with E-state index in [1.54, 1.807) is 41.3 Å². The molecule has 0 fully saturated rings. The van der Waals surface area contributed by atoms with Gasteiger partial charge in [0, 0.05) is 11.0 Å². The number of ether oxygens (including phenoxy) is 1. The third kappa shape index (κ3) is 3.81. The molecule has 0 unspecified atom stereocenters. The first-order valence-electron chi connectivity index (χ1n) is 10.00. The molecule has 1 amide bonds. The van der Waals surface area contributed by atoms with Crippen molar-refractivity contribution in [3.05, 3.63) is 94.6 Å². The molecule has 162 valence electrons. The largest absolute Gasteiger partial charge is 0.465 e. The molecule has 0 saturated carbocycles. The van der Waals surface area contributed by atoms with Crippen LogP contribution in [0.3, 0.4) is 0 Å². The van der Waals surface area contributed by atoms with Crippen molar-refractivity contribution in [1.82, 2.24) is 4.90 Å². The Hall–Kier alpha value is -4.17. The molecular weight excluding hydrogens is 438 g/mol. The summed E-state index contributed by atoms with van der Waals surface area (Å²) in [4.78, 5) is 30.1. The minimum absolute atomic E-state index is 0.0467. The van der Waals surface area contributed by atoms with Crippen LogP contribution in [0.4, 0.5) is 0 Å². The molecule has 0 spiro atoms. The van der Waals surface area contributed by atoms with Gasteiger partial charge in [0.15, 0.2) is 5.17 Å². The molecule has 1 aromatic heterocycles. The Balaban J connectivity index is 1.43. The van der Waals surface area contributed by atoms with Crippen LogP contribution in [-0.2, 0) is 9.53 Å². The Morgan fingerprint density at radius 1 is 1.06 bits per heavy atom. The van der Waals surface area contributed by atoms with E-state index >= 15 is 0 Å². The average Bonchev–Trinajstić information content (AvgIpc) is 3.49. The first-order chi connectivity index (χ1) is 16.0. The maximum Gasteiger partial charge on any atom is 0.337 e. The molecule has 0 aliphatic carbocycles. The normalized spacial score (nSPS) is 16.5. The summed E-state index contributed by atoms with van der Waals surface area (Å²) in [5.74, 6) is 0.140. The van der Waals surface area contributed by atoms with Crippen LogP contribution in [0.15, 0.2) is 87.1 Å². The van der Waals surface area contributed by atoms with Crippen LogP contribution >= 0.6 is 11.8 Å². The van der Waals surface area contributed by atoms with E-state index in [4.69, 9.17) is 14.6 Å². The van der Waals surface area contributed by atoms with Gasteiger partial charge in [-0.1, -0.05) is 54.2 Å². The fourth-order valence-corrected chi connectivity index (χ4v) is 4.42. The van der Waals surface area contributed by atoms with E-state index < -0.39 is 11.9 Å². The lowest BCUT2D eigenvalue weighted by atomic mass is 10.1. The molecule has 1 N–H and O–H groups in total. The molecule has 33 heavy (non-hydrogen) atoms. The minimum Gasteiger partial charge on any atom is -0.465 e. The SMILES string of the molecule is COC(=O)c1ccc(-c2ccc(C=C3C(=N)N4C(c5ccccc5)=CSC4=NC3=O)o2)cc1. The summed E-state index contributed by atoms with van der Waals surface area (Å²) in [6.45, 7) is 0. The number of fused-ring (bicyclic) bond motifs is 1. The van der Waals surface area contributed by atoms with Gasteiger partial charge in [0.25, 0.3) is 5.91 Å². The average molecular weight is 455 g/mol. The van der Waals surface area contributed by atoms with Crippen LogP contribution in [0.2, 0.25) is 0 Å². The van der Waals surface area contributed by atoms with Crippen LogP contribution in [0.25, 0.3) is 23.1 Å². The van der Waals surface area contributed by atoms with Gasteiger partial charge >= 0.3 is 5.97 Å². The molecular formula is C25H17N3O4S. The van der Waals surface area contributed by atoms with Gasteiger partial charge in [-0.15, -0.1) is 0 Å². The van der Waals surface area contributed by atoms with Gasteiger partial charge in [-0.3, -0.25) is 15.1 Å². The predicted molar refractivity (Wildman–Crippen MR) is 127 cm³/mol. The minimum atomic E-state index is -0.484. The lowest BCUT2D eigenvalue weighted by Gasteiger charge is -2.26. The number of hydrogen-bond donors (Lipinski definition) is 1. The van der Waals surface area contributed by atoms with E-state index in [1.165, 1.54) is 24.9 Å². The molecule has 7 nitrogen and oxygen atoms in total. The molecule has 2 aliphatic rings. The van der Waals surface area contributed by atoms with Gasteiger partial charge in [0.1, 0.15) is 17.4 Å². The van der Waals surface area contributed by atoms with Crippen molar-refractivity contribution >= 4 is 46.4 Å². The number of furan rings is 1. The van der Waals surface area contributed by atoms with E-state index in [0.29, 0.717) is 22.3 Å². The molecule has 0 radical (unpaired) electrons. The zero-order valence-electron chi connectivity index (χ0n) is 17.4. The Labute approximate surface area is 193 Å². The first kappa shape index (κ1) is 20.7. The molecule has 8 heteroatoms. The van der Waals surface area contributed by atoms with E-state index in [0.717, 1.165) is 16.8 Å². The summed E-state index contributed by atoms with van der Waals surface area (Å²) < 4.78 is 10.6. The Morgan fingerprint density at radius 3 is 2.55 bits per heavy atom. The third-order valence-electron chi connectivity index (χ3n) is 5.19. The molecule has 0 bridgehead atoms. The fourth-order valence-electron chi connectivity index (χ4n) is 3.53. The standard InChI is InChI=1S/C25H17N3O4S/c1-31-24(30)17-9-7-16(8-10-17)21-12-11-18(32-21)13-19-22(26)28-20(15-5-3-2-4-6-15)14-33-25(28)27-23(19)29/h2-14,26H,1H3. The number of carbonyl (C=O) groups excluding carboxylic acids is 2. The van der Waals surface area contributed by atoms with Crippen molar-refractivity contribution in [1.29, 1.82) is 5.41 Å². The van der Waals surface area contributed by atoms with Crippen LogP contribution in [0.5, 0.6) is 0 Å². The second-order valence-corrected chi connectivity index (χ2v) is 8.04. The molecule has 0 atom stereocenters. The number of carbonyl (C=O) groups is 2. The van der Waals surface area contributed by atoms with Gasteiger partial charge in [-0.05, 0) is 35.9 Å². The van der Waals surface area contributed by atoms with Crippen molar-refractivity contribution in [2.45, 2.75) is 0 Å². The van der Waals surface area contributed by atoms with Crippen molar-refractivity contribution in [2.24, 2.45) is 4.99 Å². The highest BCUT2D eigenvalue weighted by atomic mass is 32.2. The number of thioether (sulfide) groups is 1. The summed E-state index contributed by atoms with van der Waals surface area (Å²) in [6.07, 6.45) is 1.53. The van der Waals surface area contributed by atoms with Crippen molar-refractivity contribution in [3.8, 4) is 11.3 Å². The maximum atomic E-state index is 12.7. The van der Waals surface area contributed by atoms with E-state index in [9.17, 15) is 9.59 Å². The quantitative estimate of drug-likeness (QED) is 0.438. The highest BCUT2D eigenvalue weighted by Gasteiger charge is 2.36. The molecule has 3 aromatic rings. The van der Waals surface area contributed by atoms with Crippen LogP contribution < -0.4 is 0 Å². The predicted octanol–water partition coefficient (Wildman–Crippen LogP) is 5.04. The smallest absolute Gasteiger partial charge is 0.337 e. The number of esters is 1. The highest BCUT2D eigenvalue weighted by molar-refractivity contribution is 8.17. The number of nitrogens with one attached hydrogen (secondary N) is 1. The number of methoxy groups -OCH3 is 1. The maximum absolute atomic E-state index is 12.7. The van der Waals surface area contributed by atoms with Gasteiger partial charge in [-0.25, -0.2) is 4.79 Å². The summed E-state index contributed by atoms with van der Waals surface area (Å²) in [7, 11) is 1.33. The number of amidine groups is 2. The Morgan fingerprint density at radius 2 is 1.82 bits per heavy atom. The second-order valence-electron chi connectivity index (χ2n) is 7.20. The summed E-state index contributed by atoms with van der Waals surface area (Å²) in [6, 6.07) is 20.0. The number of amides is 1. The van der Waals surface area contributed by atoms with E-state index in [2.05, 4.69) is 4.99 Å². The Kier molecular flexibility index (Phi) is 5.27. The van der Waals surface area contributed by atoms with Gasteiger partial charge in [-0.2, -0.15) is 4.99 Å². The van der Waals surface area contributed by atoms with Crippen molar-refractivity contribution < 1.29 is 18.7 Å². The monoisotopic (exact) mass is 455 g/mol. The summed E-state index contributed by atoms with van der Waals surface area (Å²) in [5, 5.41) is 11.1. The zero-order chi connectivity index (χ0) is 22.9. The topological polar surface area (TPSA) is 96.0 Å². The van der Waals surface area contributed by atoms with E-state index in [1.807, 2.05) is 35.7 Å². The lowest BCUT2D eigenvalue weighted by Crippen LogP contribution is -2.37. The molecule has 0 saturated heterocycles. The summed E-state index contributed by atoms with van der Waals surface area (Å²) in [5.41, 5.74) is 3.08. The van der Waals surface area contributed by atoms with E-state index in [-0.39, 0.29) is 11.4 Å².